The minimum absolute atomic E-state index is 0.650. The van der Waals surface area contributed by atoms with Crippen LogP contribution in [-0.2, 0) is 6.42 Å². The minimum atomic E-state index is 0.650. The van der Waals surface area contributed by atoms with Crippen molar-refractivity contribution < 1.29 is 0 Å². The first-order chi connectivity index (χ1) is 8.84. The smallest absolute Gasteiger partial charge is 0.110 e. The van der Waals surface area contributed by atoms with Crippen molar-refractivity contribution in [3.63, 3.8) is 0 Å². The molecular formula is C15H18N2S. The van der Waals surface area contributed by atoms with E-state index in [4.69, 9.17) is 5.73 Å². The molecule has 3 heteroatoms. The molecule has 1 aliphatic carbocycles. The van der Waals surface area contributed by atoms with Crippen LogP contribution in [-0.4, -0.2) is 4.37 Å². The number of aromatic nitrogens is 1. The van der Waals surface area contributed by atoms with Crippen LogP contribution in [0.4, 0.5) is 5.00 Å². The highest BCUT2D eigenvalue weighted by molar-refractivity contribution is 7.10. The molecule has 1 aliphatic rings. The number of nitrogens with two attached hydrogens (primary N) is 1. The SMILES string of the molecule is Nc1snc(C2CCCC2)c1Cc1ccccc1. The van der Waals surface area contributed by atoms with Crippen LogP contribution in [0.15, 0.2) is 30.3 Å². The second-order valence-corrected chi connectivity index (χ2v) is 5.86. The zero-order valence-corrected chi connectivity index (χ0v) is 11.2. The molecule has 18 heavy (non-hydrogen) atoms. The average molecular weight is 258 g/mol. The topological polar surface area (TPSA) is 38.9 Å². The van der Waals surface area contributed by atoms with Crippen molar-refractivity contribution in [3.05, 3.63) is 47.2 Å². The van der Waals surface area contributed by atoms with Crippen LogP contribution < -0.4 is 5.73 Å². The predicted octanol–water partition coefficient (Wildman–Crippen LogP) is 3.97. The molecule has 0 amide bonds. The lowest BCUT2D eigenvalue weighted by Gasteiger charge is -2.09. The van der Waals surface area contributed by atoms with Gasteiger partial charge in [-0.25, -0.2) is 0 Å². The third-order valence-corrected chi connectivity index (χ3v) is 4.55. The van der Waals surface area contributed by atoms with Gasteiger partial charge in [0.1, 0.15) is 5.00 Å². The summed E-state index contributed by atoms with van der Waals surface area (Å²) in [6.45, 7) is 0. The fraction of sp³-hybridized carbons (Fsp3) is 0.400. The van der Waals surface area contributed by atoms with Crippen molar-refractivity contribution in [2.75, 3.05) is 5.73 Å². The van der Waals surface area contributed by atoms with Gasteiger partial charge in [-0.05, 0) is 29.9 Å². The summed E-state index contributed by atoms with van der Waals surface area (Å²) < 4.78 is 4.61. The lowest BCUT2D eigenvalue weighted by Crippen LogP contribution is -2.00. The minimum Gasteiger partial charge on any atom is -0.389 e. The van der Waals surface area contributed by atoms with E-state index in [1.165, 1.54) is 54.0 Å². The number of nitrogen functional groups attached to an aromatic ring is 1. The highest BCUT2D eigenvalue weighted by atomic mass is 32.1. The van der Waals surface area contributed by atoms with Gasteiger partial charge in [0.2, 0.25) is 0 Å². The van der Waals surface area contributed by atoms with Gasteiger partial charge in [0, 0.05) is 17.9 Å². The van der Waals surface area contributed by atoms with E-state index in [2.05, 4.69) is 34.7 Å². The molecule has 94 valence electrons. The number of hydrogen-bond donors (Lipinski definition) is 1. The fourth-order valence-corrected chi connectivity index (χ4v) is 3.58. The molecule has 2 nitrogen and oxygen atoms in total. The highest BCUT2D eigenvalue weighted by Crippen LogP contribution is 2.38. The molecule has 2 aromatic rings. The maximum absolute atomic E-state index is 6.11. The van der Waals surface area contributed by atoms with Gasteiger partial charge in [-0.15, -0.1) is 0 Å². The second-order valence-electron chi connectivity index (χ2n) is 5.05. The summed E-state index contributed by atoms with van der Waals surface area (Å²) in [5.41, 5.74) is 9.99. The zero-order chi connectivity index (χ0) is 12.4. The zero-order valence-electron chi connectivity index (χ0n) is 10.4. The van der Waals surface area contributed by atoms with Crippen molar-refractivity contribution >= 4 is 16.5 Å². The Bertz CT molecular complexity index is 513. The molecule has 0 radical (unpaired) electrons. The number of rotatable bonds is 3. The summed E-state index contributed by atoms with van der Waals surface area (Å²) in [7, 11) is 0. The van der Waals surface area contributed by atoms with Crippen LogP contribution in [0.5, 0.6) is 0 Å². The molecule has 1 saturated carbocycles. The molecular weight excluding hydrogens is 240 g/mol. The Labute approximate surface area is 112 Å². The van der Waals surface area contributed by atoms with Crippen molar-refractivity contribution in [2.45, 2.75) is 38.0 Å². The molecule has 0 spiro atoms. The average Bonchev–Trinajstić information content (AvgIpc) is 3.02. The Hall–Kier alpha value is -1.35. The number of nitrogens with zero attached hydrogens (tertiary/aromatic N) is 1. The summed E-state index contributed by atoms with van der Waals surface area (Å²) >= 11 is 1.46. The molecule has 0 unspecified atom stereocenters. The van der Waals surface area contributed by atoms with Gasteiger partial charge in [-0.3, -0.25) is 0 Å². The van der Waals surface area contributed by atoms with E-state index >= 15 is 0 Å². The molecule has 0 aliphatic heterocycles. The van der Waals surface area contributed by atoms with Gasteiger partial charge < -0.3 is 5.73 Å². The first-order valence-corrected chi connectivity index (χ1v) is 7.40. The summed E-state index contributed by atoms with van der Waals surface area (Å²) in [4.78, 5) is 0. The Morgan fingerprint density at radius 1 is 1.17 bits per heavy atom. The summed E-state index contributed by atoms with van der Waals surface area (Å²) in [6, 6.07) is 10.5. The first-order valence-electron chi connectivity index (χ1n) is 6.62. The number of hydrogen-bond acceptors (Lipinski definition) is 3. The van der Waals surface area contributed by atoms with Gasteiger partial charge in [-0.2, -0.15) is 4.37 Å². The molecule has 1 aromatic carbocycles. The van der Waals surface area contributed by atoms with Crippen molar-refractivity contribution in [1.29, 1.82) is 0 Å². The van der Waals surface area contributed by atoms with Gasteiger partial charge in [0.25, 0.3) is 0 Å². The first kappa shape index (κ1) is 11.7. The lowest BCUT2D eigenvalue weighted by molar-refractivity contribution is 0.699. The summed E-state index contributed by atoms with van der Waals surface area (Å²) in [5, 5.41) is 0.903. The molecule has 1 fully saturated rings. The van der Waals surface area contributed by atoms with E-state index in [1.807, 2.05) is 0 Å². The maximum atomic E-state index is 6.11. The van der Waals surface area contributed by atoms with E-state index < -0.39 is 0 Å². The Balaban J connectivity index is 1.88. The van der Waals surface area contributed by atoms with Crippen LogP contribution in [0.1, 0.15) is 48.4 Å². The van der Waals surface area contributed by atoms with Crippen molar-refractivity contribution in [2.24, 2.45) is 0 Å². The van der Waals surface area contributed by atoms with E-state index in [9.17, 15) is 0 Å². The molecule has 1 heterocycles. The van der Waals surface area contributed by atoms with Gasteiger partial charge >= 0.3 is 0 Å². The Morgan fingerprint density at radius 3 is 2.61 bits per heavy atom. The number of benzene rings is 1. The van der Waals surface area contributed by atoms with Crippen LogP contribution >= 0.6 is 11.5 Å². The molecule has 0 bridgehead atoms. The van der Waals surface area contributed by atoms with Gasteiger partial charge in [0.15, 0.2) is 0 Å². The van der Waals surface area contributed by atoms with Crippen LogP contribution in [0.3, 0.4) is 0 Å². The molecule has 0 atom stereocenters. The lowest BCUT2D eigenvalue weighted by atomic mass is 9.96. The Morgan fingerprint density at radius 2 is 1.89 bits per heavy atom. The quantitative estimate of drug-likeness (QED) is 0.904. The molecule has 1 aromatic heterocycles. The molecule has 2 N–H and O–H groups in total. The van der Waals surface area contributed by atoms with Gasteiger partial charge in [0.05, 0.1) is 5.69 Å². The molecule has 0 saturated heterocycles. The van der Waals surface area contributed by atoms with Gasteiger partial charge in [-0.1, -0.05) is 43.2 Å². The van der Waals surface area contributed by atoms with E-state index in [0.717, 1.165) is 11.4 Å². The van der Waals surface area contributed by atoms with E-state index in [0.29, 0.717) is 5.92 Å². The fourth-order valence-electron chi connectivity index (χ4n) is 2.83. The van der Waals surface area contributed by atoms with E-state index in [-0.39, 0.29) is 0 Å². The van der Waals surface area contributed by atoms with Crippen LogP contribution in [0.25, 0.3) is 0 Å². The standard InChI is InChI=1S/C15H18N2S/c16-15-13(10-11-6-2-1-3-7-11)14(17-18-15)12-8-4-5-9-12/h1-3,6-7,12H,4-5,8-10,16H2. The van der Waals surface area contributed by atoms with Crippen molar-refractivity contribution in [1.82, 2.24) is 4.37 Å². The van der Waals surface area contributed by atoms with Crippen LogP contribution in [0.2, 0.25) is 0 Å². The third kappa shape index (κ3) is 2.27. The monoisotopic (exact) mass is 258 g/mol. The van der Waals surface area contributed by atoms with E-state index in [1.54, 1.807) is 0 Å². The highest BCUT2D eigenvalue weighted by Gasteiger charge is 2.24. The van der Waals surface area contributed by atoms with Crippen molar-refractivity contribution in [3.8, 4) is 0 Å². The second kappa shape index (κ2) is 5.11. The number of anilines is 1. The summed E-state index contributed by atoms with van der Waals surface area (Å²) in [6.07, 6.45) is 6.17. The third-order valence-electron chi connectivity index (χ3n) is 3.81. The van der Waals surface area contributed by atoms with Crippen LogP contribution in [0, 0.1) is 0 Å². The normalized spacial score (nSPS) is 16.2. The Kier molecular flexibility index (Phi) is 3.33. The summed E-state index contributed by atoms with van der Waals surface area (Å²) in [5.74, 6) is 0.650. The predicted molar refractivity (Wildman–Crippen MR) is 77.0 cm³/mol. The largest absolute Gasteiger partial charge is 0.389 e. The molecule has 3 rings (SSSR count). The maximum Gasteiger partial charge on any atom is 0.110 e.